The molecule has 1 aromatic carbocycles. The molecule has 0 radical (unpaired) electrons. The third kappa shape index (κ3) is 1.98. The van der Waals surface area contributed by atoms with Gasteiger partial charge in [-0.1, -0.05) is 25.0 Å². The quantitative estimate of drug-likeness (QED) is 0.710. The molecule has 2 fully saturated rings. The van der Waals surface area contributed by atoms with Crippen LogP contribution in [-0.2, 0) is 6.42 Å². The van der Waals surface area contributed by atoms with Gasteiger partial charge in [-0.15, -0.1) is 11.6 Å². The standard InChI is InChI=1S/C17H21ClO/c1-10-8-12-9-11(6-7-15(12)19-10)17(18)16-13-4-2-3-5-14(13)16/h6-7,9-10,13-14,16-17H,2-5,8H2,1H3. The summed E-state index contributed by atoms with van der Waals surface area (Å²) in [7, 11) is 0. The van der Waals surface area contributed by atoms with Crippen molar-refractivity contribution in [2.24, 2.45) is 17.8 Å². The van der Waals surface area contributed by atoms with Crippen molar-refractivity contribution in [3.8, 4) is 5.75 Å². The van der Waals surface area contributed by atoms with Gasteiger partial charge in [0, 0.05) is 6.42 Å². The van der Waals surface area contributed by atoms with Gasteiger partial charge < -0.3 is 4.74 Å². The molecule has 0 N–H and O–H groups in total. The normalized spacial score (nSPS) is 37.2. The zero-order valence-corrected chi connectivity index (χ0v) is 12.2. The van der Waals surface area contributed by atoms with Crippen LogP contribution in [0, 0.1) is 17.8 Å². The number of fused-ring (bicyclic) bond motifs is 2. The third-order valence-electron chi connectivity index (χ3n) is 5.30. The van der Waals surface area contributed by atoms with Gasteiger partial charge in [-0.2, -0.15) is 0 Å². The zero-order chi connectivity index (χ0) is 13.0. The lowest BCUT2D eigenvalue weighted by Gasteiger charge is -2.11. The van der Waals surface area contributed by atoms with E-state index < -0.39 is 0 Å². The largest absolute Gasteiger partial charge is 0.490 e. The van der Waals surface area contributed by atoms with E-state index in [9.17, 15) is 0 Å². The van der Waals surface area contributed by atoms with E-state index in [0.29, 0.717) is 6.10 Å². The van der Waals surface area contributed by atoms with Crippen molar-refractivity contribution in [1.29, 1.82) is 0 Å². The predicted octanol–water partition coefficient (Wildman–Crippen LogP) is 4.73. The molecule has 3 aliphatic rings. The second-order valence-electron chi connectivity index (χ2n) is 6.59. The Morgan fingerprint density at radius 3 is 2.68 bits per heavy atom. The van der Waals surface area contributed by atoms with E-state index in [1.165, 1.54) is 36.8 Å². The molecule has 4 unspecified atom stereocenters. The van der Waals surface area contributed by atoms with Gasteiger partial charge >= 0.3 is 0 Å². The van der Waals surface area contributed by atoms with Crippen LogP contribution in [0.3, 0.4) is 0 Å². The Bertz CT molecular complexity index is 486. The molecule has 1 nitrogen and oxygen atoms in total. The number of ether oxygens (including phenoxy) is 1. The second-order valence-corrected chi connectivity index (χ2v) is 7.06. The maximum atomic E-state index is 6.78. The van der Waals surface area contributed by atoms with Gasteiger partial charge in [-0.3, -0.25) is 0 Å². The van der Waals surface area contributed by atoms with Gasteiger partial charge in [0.25, 0.3) is 0 Å². The fraction of sp³-hybridized carbons (Fsp3) is 0.647. The van der Waals surface area contributed by atoms with Gasteiger partial charge in [0.1, 0.15) is 11.9 Å². The second kappa shape index (κ2) is 4.41. The molecule has 1 aromatic rings. The summed E-state index contributed by atoms with van der Waals surface area (Å²) in [5, 5.41) is 0.217. The van der Waals surface area contributed by atoms with Crippen molar-refractivity contribution in [1.82, 2.24) is 0 Å². The van der Waals surface area contributed by atoms with E-state index in [4.69, 9.17) is 16.3 Å². The minimum absolute atomic E-state index is 0.217. The SMILES string of the molecule is CC1Cc2cc(C(Cl)C3C4CCCCC43)ccc2O1. The van der Waals surface area contributed by atoms with E-state index in [-0.39, 0.29) is 5.38 Å². The molecule has 0 aromatic heterocycles. The van der Waals surface area contributed by atoms with Gasteiger partial charge in [0.15, 0.2) is 0 Å². The van der Waals surface area contributed by atoms with Crippen molar-refractivity contribution in [3.63, 3.8) is 0 Å². The van der Waals surface area contributed by atoms with Gasteiger partial charge in [-0.25, -0.2) is 0 Å². The van der Waals surface area contributed by atoms with Crippen LogP contribution in [0.4, 0.5) is 0 Å². The fourth-order valence-corrected chi connectivity index (χ4v) is 4.83. The smallest absolute Gasteiger partial charge is 0.123 e. The summed E-state index contributed by atoms with van der Waals surface area (Å²) in [4.78, 5) is 0. The first kappa shape index (κ1) is 12.1. The number of hydrogen-bond donors (Lipinski definition) is 0. The lowest BCUT2D eigenvalue weighted by Crippen LogP contribution is -2.05. The van der Waals surface area contributed by atoms with E-state index in [0.717, 1.165) is 29.9 Å². The highest BCUT2D eigenvalue weighted by molar-refractivity contribution is 6.21. The Morgan fingerprint density at radius 1 is 1.21 bits per heavy atom. The molecule has 19 heavy (non-hydrogen) atoms. The Balaban J connectivity index is 1.55. The number of halogens is 1. The number of rotatable bonds is 2. The summed E-state index contributed by atoms with van der Waals surface area (Å²) in [6, 6.07) is 6.59. The van der Waals surface area contributed by atoms with Gasteiger partial charge in [-0.05, 0) is 54.7 Å². The molecule has 2 saturated carbocycles. The van der Waals surface area contributed by atoms with Gasteiger partial charge in [0.2, 0.25) is 0 Å². The molecule has 0 amide bonds. The van der Waals surface area contributed by atoms with Crippen LogP contribution in [0.15, 0.2) is 18.2 Å². The van der Waals surface area contributed by atoms with Crippen molar-refractivity contribution in [2.75, 3.05) is 0 Å². The lowest BCUT2D eigenvalue weighted by atomic mass is 10.0. The Labute approximate surface area is 120 Å². The molecule has 1 aliphatic heterocycles. The molecule has 102 valence electrons. The highest BCUT2D eigenvalue weighted by Crippen LogP contribution is 2.62. The molecule has 0 saturated heterocycles. The molecule has 4 atom stereocenters. The number of benzene rings is 1. The van der Waals surface area contributed by atoms with Crippen LogP contribution in [0.5, 0.6) is 5.75 Å². The summed E-state index contributed by atoms with van der Waals surface area (Å²) in [6.07, 6.45) is 6.99. The molecular formula is C17H21ClO. The molecule has 2 aliphatic carbocycles. The van der Waals surface area contributed by atoms with Crippen LogP contribution >= 0.6 is 11.6 Å². The third-order valence-corrected chi connectivity index (χ3v) is 5.84. The fourth-order valence-electron chi connectivity index (χ4n) is 4.32. The van der Waals surface area contributed by atoms with Crippen LogP contribution in [-0.4, -0.2) is 6.10 Å². The molecule has 1 heterocycles. The number of alkyl halides is 1. The summed E-state index contributed by atoms with van der Waals surface area (Å²) in [5.41, 5.74) is 2.66. The summed E-state index contributed by atoms with van der Waals surface area (Å²) in [5.74, 6) is 3.63. The first-order valence-electron chi connectivity index (χ1n) is 7.67. The lowest BCUT2D eigenvalue weighted by molar-refractivity contribution is 0.254. The monoisotopic (exact) mass is 276 g/mol. The Morgan fingerprint density at radius 2 is 1.95 bits per heavy atom. The highest BCUT2D eigenvalue weighted by Gasteiger charge is 2.54. The van der Waals surface area contributed by atoms with Crippen LogP contribution in [0.2, 0.25) is 0 Å². The maximum Gasteiger partial charge on any atom is 0.123 e. The van der Waals surface area contributed by atoms with Crippen molar-refractivity contribution >= 4 is 11.6 Å². The maximum absolute atomic E-state index is 6.78. The van der Waals surface area contributed by atoms with Crippen LogP contribution in [0.1, 0.15) is 49.1 Å². The van der Waals surface area contributed by atoms with Crippen molar-refractivity contribution in [3.05, 3.63) is 29.3 Å². The first-order valence-corrected chi connectivity index (χ1v) is 8.11. The topological polar surface area (TPSA) is 9.23 Å². The van der Waals surface area contributed by atoms with E-state index >= 15 is 0 Å². The summed E-state index contributed by atoms with van der Waals surface area (Å²) >= 11 is 6.78. The average molecular weight is 277 g/mol. The minimum Gasteiger partial charge on any atom is -0.490 e. The minimum atomic E-state index is 0.217. The van der Waals surface area contributed by atoms with Crippen molar-refractivity contribution < 1.29 is 4.74 Å². The van der Waals surface area contributed by atoms with Gasteiger partial charge in [0.05, 0.1) is 5.38 Å². The molecule has 2 heteroatoms. The van der Waals surface area contributed by atoms with Crippen molar-refractivity contribution in [2.45, 2.75) is 50.5 Å². The molecule has 0 bridgehead atoms. The first-order chi connectivity index (χ1) is 9.24. The van der Waals surface area contributed by atoms with E-state index in [1.807, 2.05) is 0 Å². The molecule has 4 rings (SSSR count). The zero-order valence-electron chi connectivity index (χ0n) is 11.4. The van der Waals surface area contributed by atoms with Crippen LogP contribution < -0.4 is 4.74 Å². The Kier molecular flexibility index (Phi) is 2.80. The Hall–Kier alpha value is -0.690. The summed E-state index contributed by atoms with van der Waals surface area (Å²) < 4.78 is 5.77. The highest BCUT2D eigenvalue weighted by atomic mass is 35.5. The van der Waals surface area contributed by atoms with E-state index in [1.54, 1.807) is 0 Å². The number of hydrogen-bond acceptors (Lipinski definition) is 1. The van der Waals surface area contributed by atoms with Crippen LogP contribution in [0.25, 0.3) is 0 Å². The molecular weight excluding hydrogens is 256 g/mol. The average Bonchev–Trinajstić information content (AvgIpc) is 3.02. The van der Waals surface area contributed by atoms with E-state index in [2.05, 4.69) is 25.1 Å². The summed E-state index contributed by atoms with van der Waals surface area (Å²) in [6.45, 7) is 2.13. The molecule has 0 spiro atoms. The predicted molar refractivity (Wildman–Crippen MR) is 77.8 cm³/mol.